The van der Waals surface area contributed by atoms with Crippen molar-refractivity contribution >= 4 is 38.3 Å². The van der Waals surface area contributed by atoms with Crippen molar-refractivity contribution in [3.8, 4) is 11.6 Å². The third-order valence-electron chi connectivity index (χ3n) is 4.16. The molecular formula is C19H17BrN4O2S. The Morgan fingerprint density at radius 1 is 1.33 bits per heavy atom. The van der Waals surface area contributed by atoms with Crippen molar-refractivity contribution in [2.45, 2.75) is 13.0 Å². The van der Waals surface area contributed by atoms with Gasteiger partial charge in [-0.15, -0.1) is 11.3 Å². The number of nitrogens with one attached hydrogen (secondary N) is 1. The van der Waals surface area contributed by atoms with Crippen LogP contribution in [0.2, 0.25) is 0 Å². The van der Waals surface area contributed by atoms with Gasteiger partial charge in [-0.3, -0.25) is 10.1 Å². The lowest BCUT2D eigenvalue weighted by Crippen LogP contribution is -2.25. The highest BCUT2D eigenvalue weighted by atomic mass is 79.9. The maximum absolute atomic E-state index is 12.5. The van der Waals surface area contributed by atoms with Crippen molar-refractivity contribution in [2.75, 3.05) is 18.9 Å². The molecule has 6 nitrogen and oxygen atoms in total. The number of amides is 1. The molecule has 2 aromatic heterocycles. The molecule has 1 aliphatic rings. The predicted octanol–water partition coefficient (Wildman–Crippen LogP) is 4.33. The fourth-order valence-electron chi connectivity index (χ4n) is 2.77. The monoisotopic (exact) mass is 444 g/mol. The summed E-state index contributed by atoms with van der Waals surface area (Å²) in [5.74, 6) is 0.876. The highest BCUT2D eigenvalue weighted by Crippen LogP contribution is 2.28. The first-order chi connectivity index (χ1) is 13.1. The van der Waals surface area contributed by atoms with E-state index in [4.69, 9.17) is 4.74 Å². The van der Waals surface area contributed by atoms with Gasteiger partial charge in [0, 0.05) is 41.1 Å². The molecule has 0 bridgehead atoms. The molecule has 0 atom stereocenters. The zero-order valence-corrected chi connectivity index (χ0v) is 17.0. The normalized spacial score (nSPS) is 13.9. The molecule has 1 amide bonds. The molecule has 1 aromatic carbocycles. The Morgan fingerprint density at radius 3 is 3.00 bits per heavy atom. The van der Waals surface area contributed by atoms with Gasteiger partial charge < -0.3 is 9.64 Å². The van der Waals surface area contributed by atoms with Crippen LogP contribution in [0.4, 0.5) is 5.13 Å². The zero-order valence-electron chi connectivity index (χ0n) is 14.6. The number of aromatic nitrogens is 2. The average Bonchev–Trinajstić information content (AvgIpc) is 3.03. The quantitative estimate of drug-likeness (QED) is 0.648. The van der Waals surface area contributed by atoms with E-state index in [2.05, 4.69) is 43.2 Å². The van der Waals surface area contributed by atoms with E-state index < -0.39 is 0 Å². The van der Waals surface area contributed by atoms with E-state index in [1.807, 2.05) is 24.3 Å². The Balaban J connectivity index is 1.42. The molecule has 3 heterocycles. The number of pyridine rings is 1. The van der Waals surface area contributed by atoms with E-state index in [-0.39, 0.29) is 5.91 Å². The minimum absolute atomic E-state index is 0.226. The number of hydrogen-bond acceptors (Lipinski definition) is 6. The molecule has 27 heavy (non-hydrogen) atoms. The molecule has 1 aliphatic heterocycles. The summed E-state index contributed by atoms with van der Waals surface area (Å²) in [5, 5.41) is 3.50. The number of fused-ring (bicyclic) bond motifs is 1. The Hall–Kier alpha value is -2.29. The van der Waals surface area contributed by atoms with E-state index >= 15 is 0 Å². The Kier molecular flexibility index (Phi) is 5.20. The largest absolute Gasteiger partial charge is 0.439 e. The second-order valence-corrected chi connectivity index (χ2v) is 8.27. The zero-order chi connectivity index (χ0) is 18.8. The first-order valence-corrected chi connectivity index (χ1v) is 10.1. The molecule has 4 rings (SSSR count). The molecule has 0 spiro atoms. The van der Waals surface area contributed by atoms with Crippen LogP contribution in [-0.2, 0) is 13.0 Å². The topological polar surface area (TPSA) is 67.4 Å². The van der Waals surface area contributed by atoms with Crippen molar-refractivity contribution in [1.82, 2.24) is 14.9 Å². The molecule has 0 radical (unpaired) electrons. The SMILES string of the molecule is CN1CCc2nc(NC(=O)c3ccc(Oc4cccc(Br)c4)nc3)sc2C1. The van der Waals surface area contributed by atoms with E-state index in [0.29, 0.717) is 22.3 Å². The van der Waals surface area contributed by atoms with Crippen molar-refractivity contribution in [2.24, 2.45) is 0 Å². The van der Waals surface area contributed by atoms with Crippen LogP contribution in [-0.4, -0.2) is 34.4 Å². The Labute approximate surface area is 169 Å². The van der Waals surface area contributed by atoms with Crippen LogP contribution in [0.15, 0.2) is 47.1 Å². The van der Waals surface area contributed by atoms with Crippen molar-refractivity contribution < 1.29 is 9.53 Å². The van der Waals surface area contributed by atoms with Crippen molar-refractivity contribution in [3.63, 3.8) is 0 Å². The molecule has 138 valence electrons. The van der Waals surface area contributed by atoms with Crippen LogP contribution in [0.3, 0.4) is 0 Å². The lowest BCUT2D eigenvalue weighted by Gasteiger charge is -2.20. The number of halogens is 1. The van der Waals surface area contributed by atoms with Crippen molar-refractivity contribution in [3.05, 3.63) is 63.2 Å². The summed E-state index contributed by atoms with van der Waals surface area (Å²) in [6.45, 7) is 1.87. The standard InChI is InChI=1S/C19H17BrN4O2S/c1-24-8-7-15-16(11-24)27-19(22-15)23-18(25)12-5-6-17(21-10-12)26-14-4-2-3-13(20)9-14/h2-6,9-10H,7-8,11H2,1H3,(H,22,23,25). The maximum atomic E-state index is 12.5. The molecule has 0 saturated carbocycles. The number of thiazole rings is 1. The Bertz CT molecular complexity index is 974. The van der Waals surface area contributed by atoms with E-state index in [0.717, 1.165) is 29.7 Å². The summed E-state index contributed by atoms with van der Waals surface area (Å²) in [5.41, 5.74) is 1.55. The summed E-state index contributed by atoms with van der Waals surface area (Å²) < 4.78 is 6.61. The first kappa shape index (κ1) is 18.1. The summed E-state index contributed by atoms with van der Waals surface area (Å²) in [6.07, 6.45) is 2.42. The molecule has 1 N–H and O–H groups in total. The van der Waals surface area contributed by atoms with Gasteiger partial charge in [-0.1, -0.05) is 22.0 Å². The van der Waals surface area contributed by atoms with E-state index in [1.165, 1.54) is 22.4 Å². The van der Waals surface area contributed by atoms with E-state index in [1.54, 1.807) is 12.1 Å². The first-order valence-electron chi connectivity index (χ1n) is 8.45. The highest BCUT2D eigenvalue weighted by Gasteiger charge is 2.19. The van der Waals surface area contributed by atoms with Crippen LogP contribution in [0.1, 0.15) is 20.9 Å². The molecule has 8 heteroatoms. The third-order valence-corrected chi connectivity index (χ3v) is 5.65. The van der Waals surface area contributed by atoms with Gasteiger partial charge in [-0.05, 0) is 31.3 Å². The number of rotatable bonds is 4. The number of carbonyl (C=O) groups excluding carboxylic acids is 1. The van der Waals surface area contributed by atoms with Gasteiger partial charge in [0.25, 0.3) is 5.91 Å². The summed E-state index contributed by atoms with van der Waals surface area (Å²) in [7, 11) is 2.09. The van der Waals surface area contributed by atoms with Crippen molar-refractivity contribution in [1.29, 1.82) is 0 Å². The minimum Gasteiger partial charge on any atom is -0.439 e. The average molecular weight is 445 g/mol. The van der Waals surface area contributed by atoms with Crippen LogP contribution in [0.25, 0.3) is 0 Å². The third kappa shape index (κ3) is 4.35. The fourth-order valence-corrected chi connectivity index (χ4v) is 4.23. The number of anilines is 1. The van der Waals surface area contributed by atoms with Gasteiger partial charge in [0.05, 0.1) is 11.3 Å². The fraction of sp³-hybridized carbons (Fsp3) is 0.211. The Morgan fingerprint density at radius 2 is 2.22 bits per heavy atom. The van der Waals surface area contributed by atoms with Gasteiger partial charge in [0.1, 0.15) is 5.75 Å². The smallest absolute Gasteiger partial charge is 0.259 e. The molecule has 3 aromatic rings. The summed E-state index contributed by atoms with van der Waals surface area (Å²) in [6, 6.07) is 10.9. The molecule has 0 unspecified atom stereocenters. The van der Waals surface area contributed by atoms with Crippen LogP contribution >= 0.6 is 27.3 Å². The van der Waals surface area contributed by atoms with Gasteiger partial charge in [-0.25, -0.2) is 9.97 Å². The van der Waals surface area contributed by atoms with Crippen LogP contribution in [0, 0.1) is 0 Å². The molecule has 0 fully saturated rings. The predicted molar refractivity (Wildman–Crippen MR) is 109 cm³/mol. The van der Waals surface area contributed by atoms with Gasteiger partial charge in [0.15, 0.2) is 5.13 Å². The molecule has 0 saturated heterocycles. The van der Waals surface area contributed by atoms with Crippen LogP contribution < -0.4 is 10.1 Å². The maximum Gasteiger partial charge on any atom is 0.259 e. The lowest BCUT2D eigenvalue weighted by molar-refractivity contribution is 0.102. The molecule has 0 aliphatic carbocycles. The second kappa shape index (κ2) is 7.75. The number of likely N-dealkylation sites (N-methyl/N-ethyl adjacent to an activating group) is 1. The van der Waals surface area contributed by atoms with Crippen LogP contribution in [0.5, 0.6) is 11.6 Å². The lowest BCUT2D eigenvalue weighted by atomic mass is 10.2. The summed E-state index contributed by atoms with van der Waals surface area (Å²) >= 11 is 4.94. The number of nitrogens with zero attached hydrogens (tertiary/aromatic N) is 3. The molecular weight excluding hydrogens is 428 g/mol. The number of carbonyl (C=O) groups is 1. The summed E-state index contributed by atoms with van der Waals surface area (Å²) in [4.78, 5) is 24.7. The minimum atomic E-state index is -0.226. The highest BCUT2D eigenvalue weighted by molar-refractivity contribution is 9.10. The van der Waals surface area contributed by atoms with Gasteiger partial charge >= 0.3 is 0 Å². The van der Waals surface area contributed by atoms with Gasteiger partial charge in [0.2, 0.25) is 5.88 Å². The number of ether oxygens (including phenoxy) is 1. The number of benzene rings is 1. The van der Waals surface area contributed by atoms with Gasteiger partial charge in [-0.2, -0.15) is 0 Å². The number of hydrogen-bond donors (Lipinski definition) is 1. The second-order valence-electron chi connectivity index (χ2n) is 6.28. The van der Waals surface area contributed by atoms with E-state index in [9.17, 15) is 4.79 Å².